The van der Waals surface area contributed by atoms with Crippen molar-refractivity contribution in [2.24, 2.45) is 11.0 Å². The fraction of sp³-hybridized carbons (Fsp3) is 0.182. The zero-order valence-electron chi connectivity index (χ0n) is 23.0. The first-order valence-electron chi connectivity index (χ1n) is 14.1. The molecule has 1 fully saturated rings. The first kappa shape index (κ1) is 26.6. The lowest BCUT2D eigenvalue weighted by Crippen LogP contribution is -2.36. The van der Waals surface area contributed by atoms with Crippen molar-refractivity contribution in [3.05, 3.63) is 130 Å². The summed E-state index contributed by atoms with van der Waals surface area (Å²) >= 11 is 0. The summed E-state index contributed by atoms with van der Waals surface area (Å²) in [5, 5.41) is 10.9. The fourth-order valence-corrected chi connectivity index (χ4v) is 6.00. The Morgan fingerprint density at radius 1 is 0.953 bits per heavy atom. The van der Waals surface area contributed by atoms with Crippen LogP contribution in [0.1, 0.15) is 36.4 Å². The normalized spacial score (nSPS) is 19.1. The van der Waals surface area contributed by atoms with Gasteiger partial charge in [0.15, 0.2) is 5.65 Å². The molecule has 2 unspecified atom stereocenters. The van der Waals surface area contributed by atoms with Crippen LogP contribution in [0.4, 0.5) is 8.78 Å². The quantitative estimate of drug-likeness (QED) is 0.269. The molecule has 3 heterocycles. The molecule has 8 nitrogen and oxygen atoms in total. The predicted octanol–water partition coefficient (Wildman–Crippen LogP) is 5.68. The third-order valence-corrected chi connectivity index (χ3v) is 8.04. The Hall–Kier alpha value is -5.25. The Bertz CT molecular complexity index is 1950. The number of carbonyl (C=O) groups is 1. The summed E-state index contributed by atoms with van der Waals surface area (Å²) in [6.45, 7) is -0.281. The average Bonchev–Trinajstić information content (AvgIpc) is 3.64. The number of allylic oxidation sites excluding steroid dienone is 1. The number of hydrazone groups is 1. The smallest absolute Gasteiger partial charge is 0.264 e. The van der Waals surface area contributed by atoms with Crippen LogP contribution in [0.25, 0.3) is 22.8 Å². The third-order valence-electron chi connectivity index (χ3n) is 8.04. The van der Waals surface area contributed by atoms with Crippen molar-refractivity contribution in [1.29, 1.82) is 0 Å². The molecule has 0 N–H and O–H groups in total. The fourth-order valence-electron chi connectivity index (χ4n) is 6.00. The highest BCUT2D eigenvalue weighted by Crippen LogP contribution is 2.44. The van der Waals surface area contributed by atoms with Gasteiger partial charge in [0.1, 0.15) is 29.9 Å². The molecule has 10 heteroatoms. The Kier molecular flexibility index (Phi) is 6.73. The maximum absolute atomic E-state index is 13.9. The van der Waals surface area contributed by atoms with E-state index in [1.165, 1.54) is 46.4 Å². The topological polar surface area (TPSA) is 85.4 Å². The first-order chi connectivity index (χ1) is 21.0. The van der Waals surface area contributed by atoms with Gasteiger partial charge in [-0.3, -0.25) is 14.2 Å². The second kappa shape index (κ2) is 10.9. The van der Waals surface area contributed by atoms with E-state index in [2.05, 4.69) is 10.1 Å². The van der Waals surface area contributed by atoms with Crippen LogP contribution in [0.2, 0.25) is 0 Å². The van der Waals surface area contributed by atoms with E-state index in [4.69, 9.17) is 5.10 Å². The van der Waals surface area contributed by atoms with E-state index >= 15 is 0 Å². The standard InChI is InChI=1S/C33H26F2N6O2/c34-24-13-9-21(10-14-24)17-23-5-4-8-27-30(23)38-41(31(27)22-11-15-25(35)16-12-22)29(42)19-39-20-36-32-28(33(39)43)18-37-40(32)26-6-2-1-3-7-26/h1-3,6-7,9-18,20,27,31H,4-5,8,19H2/b23-17-. The molecule has 1 saturated carbocycles. The number of hydrogen-bond donors (Lipinski definition) is 0. The minimum atomic E-state index is -0.465. The van der Waals surface area contributed by atoms with Gasteiger partial charge in [0.05, 0.1) is 23.6 Å². The van der Waals surface area contributed by atoms with Gasteiger partial charge in [0.25, 0.3) is 11.5 Å². The van der Waals surface area contributed by atoms with Crippen molar-refractivity contribution in [1.82, 2.24) is 24.3 Å². The highest BCUT2D eigenvalue weighted by atomic mass is 19.1. The van der Waals surface area contributed by atoms with Crippen LogP contribution in [0.5, 0.6) is 0 Å². The number of benzene rings is 3. The van der Waals surface area contributed by atoms with Crippen LogP contribution in [-0.4, -0.2) is 36.0 Å². The molecule has 1 aliphatic carbocycles. The van der Waals surface area contributed by atoms with Crippen LogP contribution in [0.15, 0.2) is 107 Å². The Morgan fingerprint density at radius 2 is 1.67 bits per heavy atom. The highest BCUT2D eigenvalue weighted by Gasteiger charge is 2.43. The summed E-state index contributed by atoms with van der Waals surface area (Å²) in [6, 6.07) is 21.2. The van der Waals surface area contributed by atoms with Gasteiger partial charge in [-0.25, -0.2) is 23.5 Å². The zero-order valence-corrected chi connectivity index (χ0v) is 23.0. The van der Waals surface area contributed by atoms with Crippen LogP contribution < -0.4 is 5.56 Å². The van der Waals surface area contributed by atoms with E-state index in [0.29, 0.717) is 11.0 Å². The van der Waals surface area contributed by atoms with E-state index in [9.17, 15) is 18.4 Å². The van der Waals surface area contributed by atoms with E-state index in [-0.39, 0.29) is 29.7 Å². The van der Waals surface area contributed by atoms with E-state index < -0.39 is 11.9 Å². The molecule has 5 aromatic rings. The summed E-state index contributed by atoms with van der Waals surface area (Å²) in [5.74, 6) is -1.19. The molecule has 43 heavy (non-hydrogen) atoms. The SMILES string of the molecule is O=C(Cn1cnc2c(cnn2-c2ccccc2)c1=O)N1N=C2/C(=C\c3ccc(F)cc3)CCCC2C1c1ccc(F)cc1. The van der Waals surface area contributed by atoms with Gasteiger partial charge in [0, 0.05) is 5.92 Å². The van der Waals surface area contributed by atoms with Gasteiger partial charge in [0.2, 0.25) is 0 Å². The highest BCUT2D eigenvalue weighted by molar-refractivity contribution is 6.08. The first-order valence-corrected chi connectivity index (χ1v) is 14.1. The lowest BCUT2D eigenvalue weighted by Gasteiger charge is -2.29. The van der Waals surface area contributed by atoms with Crippen LogP contribution in [0, 0.1) is 17.6 Å². The van der Waals surface area contributed by atoms with Gasteiger partial charge in [-0.05, 0) is 78.4 Å². The number of para-hydroxylation sites is 1. The lowest BCUT2D eigenvalue weighted by molar-refractivity contribution is -0.134. The summed E-state index contributed by atoms with van der Waals surface area (Å²) in [6.07, 6.45) is 7.21. The Labute approximate surface area is 245 Å². The second-order valence-corrected chi connectivity index (χ2v) is 10.7. The van der Waals surface area contributed by atoms with E-state index in [1.807, 2.05) is 36.4 Å². The predicted molar refractivity (Wildman–Crippen MR) is 158 cm³/mol. The van der Waals surface area contributed by atoms with Crippen LogP contribution in [0.3, 0.4) is 0 Å². The molecule has 2 atom stereocenters. The Morgan fingerprint density at radius 3 is 2.42 bits per heavy atom. The van der Waals surface area contributed by atoms with Gasteiger partial charge in [-0.2, -0.15) is 10.2 Å². The molecule has 7 rings (SSSR count). The summed E-state index contributed by atoms with van der Waals surface area (Å²) in [7, 11) is 0. The average molecular weight is 577 g/mol. The Balaban J connectivity index is 1.24. The van der Waals surface area contributed by atoms with Crippen molar-refractivity contribution in [2.45, 2.75) is 31.8 Å². The number of aromatic nitrogens is 4. The van der Waals surface area contributed by atoms with Gasteiger partial charge in [-0.1, -0.05) is 42.5 Å². The van der Waals surface area contributed by atoms with Gasteiger partial charge in [-0.15, -0.1) is 0 Å². The number of amides is 1. The maximum atomic E-state index is 13.9. The van der Waals surface area contributed by atoms with Gasteiger partial charge >= 0.3 is 0 Å². The minimum absolute atomic E-state index is 0.115. The molecular formula is C33H26F2N6O2. The van der Waals surface area contributed by atoms with E-state index in [0.717, 1.165) is 47.4 Å². The largest absolute Gasteiger partial charge is 0.289 e. The zero-order chi connectivity index (χ0) is 29.5. The summed E-state index contributed by atoms with van der Waals surface area (Å²) in [5.41, 5.74) is 4.12. The number of nitrogens with zero attached hydrogens (tertiary/aromatic N) is 6. The molecule has 2 aliphatic rings. The van der Waals surface area contributed by atoms with Crippen LogP contribution >= 0.6 is 0 Å². The number of halogens is 2. The number of fused-ring (bicyclic) bond motifs is 2. The maximum Gasteiger partial charge on any atom is 0.264 e. The van der Waals surface area contributed by atoms with Crippen molar-refractivity contribution in [3.8, 4) is 5.69 Å². The molecule has 2 aromatic heterocycles. The van der Waals surface area contributed by atoms with Crippen molar-refractivity contribution >= 4 is 28.7 Å². The molecule has 3 aromatic carbocycles. The minimum Gasteiger partial charge on any atom is -0.289 e. The third kappa shape index (κ3) is 4.94. The molecule has 214 valence electrons. The molecule has 1 amide bonds. The summed E-state index contributed by atoms with van der Waals surface area (Å²) in [4.78, 5) is 31.8. The molecule has 0 spiro atoms. The van der Waals surface area contributed by atoms with Gasteiger partial charge < -0.3 is 0 Å². The van der Waals surface area contributed by atoms with E-state index in [1.54, 1.807) is 28.9 Å². The lowest BCUT2D eigenvalue weighted by atomic mass is 9.77. The second-order valence-electron chi connectivity index (χ2n) is 10.7. The number of hydrogen-bond acceptors (Lipinski definition) is 5. The molecule has 1 aliphatic heterocycles. The molecular weight excluding hydrogens is 550 g/mol. The van der Waals surface area contributed by atoms with Crippen molar-refractivity contribution in [3.63, 3.8) is 0 Å². The monoisotopic (exact) mass is 576 g/mol. The number of rotatable bonds is 5. The molecule has 0 radical (unpaired) electrons. The van der Waals surface area contributed by atoms with Crippen molar-refractivity contribution in [2.75, 3.05) is 0 Å². The molecule has 0 bridgehead atoms. The molecule has 0 saturated heterocycles. The van der Waals surface area contributed by atoms with Crippen molar-refractivity contribution < 1.29 is 13.6 Å². The van der Waals surface area contributed by atoms with Crippen LogP contribution in [-0.2, 0) is 11.3 Å². The summed E-state index contributed by atoms with van der Waals surface area (Å²) < 4.78 is 30.2. The number of carbonyl (C=O) groups excluding carboxylic acids is 1.